The molecule has 0 bridgehead atoms. The van der Waals surface area contributed by atoms with Gasteiger partial charge in [0.2, 0.25) is 0 Å². The summed E-state index contributed by atoms with van der Waals surface area (Å²) in [5.74, 6) is 0.513. The maximum atomic E-state index is 13.4. The Bertz CT molecular complexity index is 1480. The van der Waals surface area contributed by atoms with E-state index in [1.165, 1.54) is 11.6 Å². The molecule has 5 rings (SSSR count). The van der Waals surface area contributed by atoms with E-state index >= 15 is 0 Å². The van der Waals surface area contributed by atoms with Gasteiger partial charge in [-0.3, -0.25) is 13.9 Å². The molecule has 32 heavy (non-hydrogen) atoms. The van der Waals surface area contributed by atoms with Crippen LogP contribution in [0.4, 0.5) is 0 Å². The molecule has 0 saturated carbocycles. The lowest BCUT2D eigenvalue weighted by molar-refractivity contribution is -0.0356. The molecule has 0 spiro atoms. The van der Waals surface area contributed by atoms with E-state index in [4.69, 9.17) is 32.4 Å². The zero-order valence-corrected chi connectivity index (χ0v) is 19.3. The summed E-state index contributed by atoms with van der Waals surface area (Å²) in [6, 6.07) is 10.8. The highest BCUT2D eigenvalue weighted by atomic mass is 35.5. The summed E-state index contributed by atoms with van der Waals surface area (Å²) in [6.45, 7) is 2.56. The quantitative estimate of drug-likeness (QED) is 0.438. The van der Waals surface area contributed by atoms with Crippen LogP contribution in [0.2, 0.25) is 10.2 Å². The molecule has 0 saturated heterocycles. The minimum atomic E-state index is -0.630. The lowest BCUT2D eigenvalue weighted by Gasteiger charge is -2.32. The molecule has 166 valence electrons. The van der Waals surface area contributed by atoms with Gasteiger partial charge in [0, 0.05) is 31.2 Å². The third-order valence-electron chi connectivity index (χ3n) is 6.07. The van der Waals surface area contributed by atoms with Gasteiger partial charge in [-0.1, -0.05) is 30.7 Å². The van der Waals surface area contributed by atoms with Gasteiger partial charge >= 0.3 is 5.69 Å². The maximum Gasteiger partial charge on any atom is 0.331 e. The van der Waals surface area contributed by atoms with Gasteiger partial charge in [-0.05, 0) is 42.3 Å². The molecule has 0 amide bonds. The number of aryl methyl sites for hydroxylation is 1. The van der Waals surface area contributed by atoms with Gasteiger partial charge in [0.25, 0.3) is 5.56 Å². The van der Waals surface area contributed by atoms with E-state index in [2.05, 4.69) is 4.57 Å². The number of ether oxygens (including phenoxy) is 1. The Morgan fingerprint density at radius 2 is 1.88 bits per heavy atom. The number of hydrogen-bond acceptors (Lipinski definition) is 4. The van der Waals surface area contributed by atoms with Crippen LogP contribution in [0.15, 0.2) is 50.4 Å². The van der Waals surface area contributed by atoms with Gasteiger partial charge in [0.15, 0.2) is 11.3 Å². The second-order valence-electron chi connectivity index (χ2n) is 7.97. The van der Waals surface area contributed by atoms with Crippen LogP contribution in [-0.2, 0) is 25.4 Å². The van der Waals surface area contributed by atoms with Crippen LogP contribution >= 0.6 is 23.2 Å². The second kappa shape index (κ2) is 7.69. The van der Waals surface area contributed by atoms with E-state index in [0.29, 0.717) is 39.6 Å². The predicted octanol–water partition coefficient (Wildman–Crippen LogP) is 4.50. The first-order valence-electron chi connectivity index (χ1n) is 10.3. The van der Waals surface area contributed by atoms with Crippen molar-refractivity contribution in [2.24, 2.45) is 14.1 Å². The van der Waals surface area contributed by atoms with Crippen molar-refractivity contribution in [2.45, 2.75) is 32.1 Å². The Kier molecular flexibility index (Phi) is 5.08. The Hall–Kier alpha value is -2.74. The summed E-state index contributed by atoms with van der Waals surface area (Å²) in [5.41, 5.74) is 1.91. The number of hydrogen-bond donors (Lipinski definition) is 0. The van der Waals surface area contributed by atoms with Gasteiger partial charge in [-0.15, -0.1) is 0 Å². The minimum Gasteiger partial charge on any atom is -0.446 e. The minimum absolute atomic E-state index is 0.128. The van der Waals surface area contributed by atoms with Gasteiger partial charge in [-0.25, -0.2) is 4.79 Å². The highest BCUT2D eigenvalue weighted by Gasteiger charge is 2.37. The summed E-state index contributed by atoms with van der Waals surface area (Å²) in [6.07, 6.45) is -0.00322. The fraction of sp³-hybridized carbons (Fsp3) is 0.304. The van der Waals surface area contributed by atoms with Crippen LogP contribution in [0.5, 0.6) is 0 Å². The smallest absolute Gasteiger partial charge is 0.331 e. The summed E-state index contributed by atoms with van der Waals surface area (Å²) in [5, 5.41) is 1.24. The van der Waals surface area contributed by atoms with Crippen molar-refractivity contribution in [3.05, 3.63) is 78.9 Å². The second-order valence-corrected chi connectivity index (χ2v) is 8.78. The fourth-order valence-electron chi connectivity index (χ4n) is 4.53. The summed E-state index contributed by atoms with van der Waals surface area (Å²) < 4.78 is 16.8. The maximum absolute atomic E-state index is 13.4. The SMILES string of the molecule is CC[C@H]1Cn2c(-c3cccc(Cl)c3)c3c(=O)n(C)c(=O)n(C)c3c2[C@@H](c2ccc(Cl)o2)O1. The molecule has 4 aromatic rings. The average molecular weight is 474 g/mol. The van der Waals surface area contributed by atoms with Crippen molar-refractivity contribution in [3.63, 3.8) is 0 Å². The van der Waals surface area contributed by atoms with Crippen LogP contribution in [0.25, 0.3) is 22.2 Å². The summed E-state index contributed by atoms with van der Waals surface area (Å²) in [7, 11) is 3.14. The Morgan fingerprint density at radius 1 is 1.09 bits per heavy atom. The van der Waals surface area contributed by atoms with Gasteiger partial charge < -0.3 is 13.7 Å². The van der Waals surface area contributed by atoms with E-state index in [-0.39, 0.29) is 16.9 Å². The molecule has 0 radical (unpaired) electrons. The van der Waals surface area contributed by atoms with Gasteiger partial charge in [0.1, 0.15) is 5.76 Å². The molecule has 1 aliphatic heterocycles. The number of halogens is 2. The topological polar surface area (TPSA) is 71.3 Å². The first kappa shape index (κ1) is 21.1. The van der Waals surface area contributed by atoms with E-state index in [0.717, 1.165) is 16.6 Å². The molecule has 3 aromatic heterocycles. The summed E-state index contributed by atoms with van der Waals surface area (Å²) >= 11 is 12.4. The zero-order valence-electron chi connectivity index (χ0n) is 17.8. The van der Waals surface area contributed by atoms with Crippen LogP contribution in [0, 0.1) is 0 Å². The Labute approximate surface area is 193 Å². The normalized spacial score (nSPS) is 18.3. The molecule has 0 aliphatic carbocycles. The molecule has 1 aromatic carbocycles. The number of nitrogens with zero attached hydrogens (tertiary/aromatic N) is 3. The number of furan rings is 1. The highest BCUT2D eigenvalue weighted by molar-refractivity contribution is 6.31. The van der Waals surface area contributed by atoms with Crippen LogP contribution in [-0.4, -0.2) is 19.8 Å². The van der Waals surface area contributed by atoms with Crippen molar-refractivity contribution in [3.8, 4) is 11.3 Å². The molecule has 9 heteroatoms. The van der Waals surface area contributed by atoms with E-state index < -0.39 is 11.8 Å². The van der Waals surface area contributed by atoms with Crippen molar-refractivity contribution in [1.29, 1.82) is 0 Å². The predicted molar refractivity (Wildman–Crippen MR) is 124 cm³/mol. The van der Waals surface area contributed by atoms with Crippen molar-refractivity contribution in [2.75, 3.05) is 0 Å². The first-order chi connectivity index (χ1) is 15.3. The van der Waals surface area contributed by atoms with Crippen molar-refractivity contribution >= 4 is 34.1 Å². The Morgan fingerprint density at radius 3 is 2.53 bits per heavy atom. The summed E-state index contributed by atoms with van der Waals surface area (Å²) in [4.78, 5) is 26.3. The average Bonchev–Trinajstić information content (AvgIpc) is 3.37. The monoisotopic (exact) mass is 473 g/mol. The highest BCUT2D eigenvalue weighted by Crippen LogP contribution is 2.43. The van der Waals surface area contributed by atoms with E-state index in [1.807, 2.05) is 25.1 Å². The first-order valence-corrected chi connectivity index (χ1v) is 11.1. The molecular weight excluding hydrogens is 453 g/mol. The van der Waals surface area contributed by atoms with E-state index in [1.54, 1.807) is 25.2 Å². The fourth-order valence-corrected chi connectivity index (χ4v) is 4.87. The number of fused-ring (bicyclic) bond motifs is 3. The number of rotatable bonds is 3. The molecule has 0 unspecified atom stereocenters. The van der Waals surface area contributed by atoms with Gasteiger partial charge in [0.05, 0.1) is 28.4 Å². The molecule has 2 atom stereocenters. The van der Waals surface area contributed by atoms with Crippen LogP contribution in [0.1, 0.15) is 30.9 Å². The van der Waals surface area contributed by atoms with E-state index in [9.17, 15) is 9.59 Å². The Balaban J connectivity index is 1.97. The lowest BCUT2D eigenvalue weighted by atomic mass is 10.1. The molecule has 4 heterocycles. The third-order valence-corrected chi connectivity index (χ3v) is 6.51. The zero-order chi connectivity index (χ0) is 22.7. The molecule has 0 fully saturated rings. The molecule has 7 nitrogen and oxygen atoms in total. The van der Waals surface area contributed by atoms with Gasteiger partial charge in [-0.2, -0.15) is 0 Å². The molecular formula is C23H21Cl2N3O4. The van der Waals surface area contributed by atoms with Crippen LogP contribution in [0.3, 0.4) is 0 Å². The lowest BCUT2D eigenvalue weighted by Crippen LogP contribution is -2.37. The largest absolute Gasteiger partial charge is 0.446 e. The number of aromatic nitrogens is 3. The van der Waals surface area contributed by atoms with Crippen LogP contribution < -0.4 is 11.2 Å². The number of benzene rings is 1. The van der Waals surface area contributed by atoms with Crippen molar-refractivity contribution in [1.82, 2.24) is 13.7 Å². The van der Waals surface area contributed by atoms with Crippen molar-refractivity contribution < 1.29 is 9.15 Å². The molecule has 1 aliphatic rings. The molecule has 0 N–H and O–H groups in total. The third kappa shape index (κ3) is 3.07. The standard InChI is InChI=1S/C23H21Cl2N3O4/c1-4-14-11-28-18(12-6-5-7-13(24)10-12)17-19(26(2)23(30)27(3)22(17)29)20(28)21(31-14)15-8-9-16(25)32-15/h5-10,14,21H,4,11H2,1-3H3/t14-,21+/m0/s1.